The van der Waals surface area contributed by atoms with Crippen LogP contribution in [0.25, 0.3) is 0 Å². The fourth-order valence-corrected chi connectivity index (χ4v) is 10.3. The summed E-state index contributed by atoms with van der Waals surface area (Å²) in [5, 5.41) is 33.1. The molecule has 0 amide bonds. The van der Waals surface area contributed by atoms with Crippen LogP contribution in [0.1, 0.15) is 68.7 Å². The summed E-state index contributed by atoms with van der Waals surface area (Å²) in [6, 6.07) is 13.2. The van der Waals surface area contributed by atoms with Gasteiger partial charge in [0, 0.05) is 23.4 Å². The standard InChI is InChI=1S/C36H41NO6/c1-34-11-10-25(39)15-23(34)8-9-26-27-16-32-36(31(42)19-38,35(27,2)17-29(41)33(26)34)18-30(43-32)22-7-6-21(28(40)14-22)12-20-4-3-5-24(37)13-20/h3-7,10-11,13-15,26-27,29-30,32-33,38,40-41H,8-9,12,16-19,37H2,1-2H3/t26-,27-,29-,30+,32+,33+,34-,35-,36-/m0/s1. The molecule has 0 radical (unpaired) electrons. The molecule has 9 atom stereocenters. The molecule has 226 valence electrons. The largest absolute Gasteiger partial charge is 0.508 e. The quantitative estimate of drug-likeness (QED) is 0.371. The van der Waals surface area contributed by atoms with Crippen LogP contribution >= 0.6 is 0 Å². The zero-order valence-electron chi connectivity index (χ0n) is 24.8. The van der Waals surface area contributed by atoms with E-state index in [-0.39, 0.29) is 41.2 Å². The molecule has 7 heteroatoms. The highest BCUT2D eigenvalue weighted by Crippen LogP contribution is 2.73. The number of carbonyl (C=O) groups excluding carboxylic acids is 2. The summed E-state index contributed by atoms with van der Waals surface area (Å²) in [5.74, 6) is 0.217. The number of nitrogens with two attached hydrogens (primary N) is 1. The second-order valence-electron chi connectivity index (χ2n) is 14.1. The van der Waals surface area contributed by atoms with Crippen molar-refractivity contribution in [3.05, 3.63) is 83.0 Å². The average Bonchev–Trinajstić information content (AvgIpc) is 3.47. The van der Waals surface area contributed by atoms with Gasteiger partial charge in [-0.05, 0) is 96.4 Å². The molecule has 1 heterocycles. The number of hydrogen-bond donors (Lipinski definition) is 4. The molecule has 3 saturated carbocycles. The number of phenols is 1. The van der Waals surface area contributed by atoms with Crippen molar-refractivity contribution in [3.63, 3.8) is 0 Å². The molecule has 5 aliphatic rings. The fourth-order valence-electron chi connectivity index (χ4n) is 10.3. The average molecular weight is 584 g/mol. The van der Waals surface area contributed by atoms with E-state index < -0.39 is 35.1 Å². The van der Waals surface area contributed by atoms with E-state index in [0.717, 1.165) is 35.1 Å². The fraction of sp³-hybridized carbons (Fsp3) is 0.500. The number of aliphatic hydroxyl groups is 2. The highest BCUT2D eigenvalue weighted by atomic mass is 16.5. The molecule has 7 rings (SSSR count). The van der Waals surface area contributed by atoms with Gasteiger partial charge in [-0.3, -0.25) is 9.59 Å². The van der Waals surface area contributed by atoms with Crippen molar-refractivity contribution in [2.45, 2.75) is 70.7 Å². The molecule has 1 aliphatic heterocycles. The van der Waals surface area contributed by atoms with Crippen molar-refractivity contribution in [1.29, 1.82) is 0 Å². The van der Waals surface area contributed by atoms with Crippen molar-refractivity contribution in [3.8, 4) is 5.75 Å². The first-order valence-corrected chi connectivity index (χ1v) is 15.6. The Morgan fingerprint density at radius 2 is 1.95 bits per heavy atom. The summed E-state index contributed by atoms with van der Waals surface area (Å²) in [7, 11) is 0. The maximum Gasteiger partial charge on any atom is 0.178 e. The Morgan fingerprint density at radius 3 is 2.70 bits per heavy atom. The van der Waals surface area contributed by atoms with E-state index in [1.807, 2.05) is 42.5 Å². The van der Waals surface area contributed by atoms with Gasteiger partial charge in [-0.15, -0.1) is 0 Å². The van der Waals surface area contributed by atoms with Crippen LogP contribution in [0.2, 0.25) is 0 Å². The minimum Gasteiger partial charge on any atom is -0.508 e. The normalized spacial score (nSPS) is 39.4. The van der Waals surface area contributed by atoms with Crippen LogP contribution in [0.5, 0.6) is 5.75 Å². The Morgan fingerprint density at radius 1 is 1.14 bits per heavy atom. The topological polar surface area (TPSA) is 130 Å². The monoisotopic (exact) mass is 583 g/mol. The molecule has 43 heavy (non-hydrogen) atoms. The van der Waals surface area contributed by atoms with Crippen LogP contribution in [0.4, 0.5) is 5.69 Å². The van der Waals surface area contributed by atoms with Crippen molar-refractivity contribution >= 4 is 17.3 Å². The van der Waals surface area contributed by atoms with Crippen molar-refractivity contribution < 1.29 is 29.6 Å². The Labute approximate surface area is 252 Å². The number of ether oxygens (including phenoxy) is 1. The van der Waals surface area contributed by atoms with Gasteiger partial charge < -0.3 is 25.8 Å². The summed E-state index contributed by atoms with van der Waals surface area (Å²) in [5.41, 5.74) is 8.40. The molecule has 1 saturated heterocycles. The Kier molecular flexibility index (Phi) is 6.55. The zero-order valence-corrected chi connectivity index (χ0v) is 24.8. The van der Waals surface area contributed by atoms with E-state index in [1.54, 1.807) is 18.2 Å². The van der Waals surface area contributed by atoms with Gasteiger partial charge in [-0.25, -0.2) is 0 Å². The first-order valence-electron chi connectivity index (χ1n) is 15.6. The summed E-state index contributed by atoms with van der Waals surface area (Å²) in [6.45, 7) is 3.71. The lowest BCUT2D eigenvalue weighted by Gasteiger charge is -2.60. The van der Waals surface area contributed by atoms with E-state index in [4.69, 9.17) is 10.5 Å². The van der Waals surface area contributed by atoms with E-state index >= 15 is 0 Å². The smallest absolute Gasteiger partial charge is 0.178 e. The Hall–Kier alpha value is -3.26. The molecule has 0 spiro atoms. The van der Waals surface area contributed by atoms with E-state index in [2.05, 4.69) is 13.8 Å². The number of Topliss-reactive ketones (excluding diaryl/α,β-unsaturated/α-hetero) is 1. The number of allylic oxidation sites excluding steroid dienone is 4. The molecule has 4 aliphatic carbocycles. The Bertz CT molecular complexity index is 1560. The summed E-state index contributed by atoms with van der Waals surface area (Å²) in [4.78, 5) is 26.0. The van der Waals surface area contributed by atoms with Gasteiger partial charge in [0.1, 0.15) is 12.4 Å². The molecule has 2 aromatic carbocycles. The van der Waals surface area contributed by atoms with Crippen molar-refractivity contribution in [1.82, 2.24) is 0 Å². The second-order valence-corrected chi connectivity index (χ2v) is 14.1. The van der Waals surface area contributed by atoms with Gasteiger partial charge in [0.2, 0.25) is 0 Å². The van der Waals surface area contributed by atoms with Crippen LogP contribution < -0.4 is 5.73 Å². The number of fused-ring (bicyclic) bond motifs is 7. The van der Waals surface area contributed by atoms with Crippen LogP contribution in [0, 0.1) is 34.0 Å². The zero-order chi connectivity index (χ0) is 30.3. The highest BCUT2D eigenvalue weighted by molar-refractivity contribution is 6.01. The number of aliphatic hydroxyl groups excluding tert-OH is 2. The number of aromatic hydroxyl groups is 1. The van der Waals surface area contributed by atoms with Gasteiger partial charge in [-0.2, -0.15) is 0 Å². The van der Waals surface area contributed by atoms with Crippen LogP contribution in [-0.2, 0) is 20.7 Å². The molecule has 2 aromatic rings. The molecule has 0 bridgehead atoms. The predicted octanol–water partition coefficient (Wildman–Crippen LogP) is 4.83. The number of benzene rings is 2. The lowest BCUT2D eigenvalue weighted by molar-refractivity contribution is -0.159. The number of rotatable bonds is 5. The van der Waals surface area contributed by atoms with Crippen LogP contribution in [-0.4, -0.2) is 45.7 Å². The van der Waals surface area contributed by atoms with E-state index in [0.29, 0.717) is 31.4 Å². The maximum atomic E-state index is 13.9. The minimum atomic E-state index is -0.936. The first-order chi connectivity index (χ1) is 20.5. The molecule has 7 nitrogen and oxygen atoms in total. The van der Waals surface area contributed by atoms with Crippen LogP contribution in [0.3, 0.4) is 0 Å². The second kappa shape index (κ2) is 9.88. The number of phenolic OH excluding ortho intramolecular Hbond substituents is 1. The van der Waals surface area contributed by atoms with Crippen LogP contribution in [0.15, 0.2) is 66.3 Å². The molecule has 0 aromatic heterocycles. The number of ketones is 2. The number of carbonyl (C=O) groups is 2. The third-order valence-electron chi connectivity index (χ3n) is 12.2. The Balaban J connectivity index is 1.19. The van der Waals surface area contributed by atoms with Crippen molar-refractivity contribution in [2.24, 2.45) is 34.0 Å². The third kappa shape index (κ3) is 4.04. The number of nitrogen functional groups attached to an aromatic ring is 1. The molecular formula is C36H41NO6. The maximum absolute atomic E-state index is 13.9. The highest BCUT2D eigenvalue weighted by Gasteiger charge is 2.74. The van der Waals surface area contributed by atoms with E-state index in [9.17, 15) is 24.9 Å². The molecular weight excluding hydrogens is 542 g/mol. The molecule has 4 fully saturated rings. The SMILES string of the molecule is C[C@]12C=CC(=O)C=C1CC[C@@H]1[C@@H]2[C@@H](O)C[C@@]2(C)[C@H]1C[C@H]1O[C@@H](c3ccc(Cc4cccc(N)c4)c(O)c3)C[C@]12C(=O)CO. The first kappa shape index (κ1) is 28.5. The molecule has 0 unspecified atom stereocenters. The minimum absolute atomic E-state index is 0.00669. The lowest BCUT2D eigenvalue weighted by atomic mass is 9.44. The van der Waals surface area contributed by atoms with Gasteiger partial charge in [0.15, 0.2) is 11.6 Å². The van der Waals surface area contributed by atoms with Gasteiger partial charge in [-0.1, -0.05) is 49.8 Å². The number of anilines is 1. The number of hydrogen-bond acceptors (Lipinski definition) is 7. The van der Waals surface area contributed by atoms with Gasteiger partial charge in [0.05, 0.1) is 23.7 Å². The predicted molar refractivity (Wildman–Crippen MR) is 162 cm³/mol. The summed E-state index contributed by atoms with van der Waals surface area (Å²) >= 11 is 0. The third-order valence-corrected chi connectivity index (χ3v) is 12.2. The molecule has 5 N–H and O–H groups in total. The van der Waals surface area contributed by atoms with E-state index in [1.165, 1.54) is 0 Å². The lowest BCUT2D eigenvalue weighted by Crippen LogP contribution is -2.59. The summed E-state index contributed by atoms with van der Waals surface area (Å²) < 4.78 is 6.73. The van der Waals surface area contributed by atoms with Crippen molar-refractivity contribution in [2.75, 3.05) is 12.3 Å². The van der Waals surface area contributed by atoms with Gasteiger partial charge in [0.25, 0.3) is 0 Å². The van der Waals surface area contributed by atoms with Gasteiger partial charge >= 0.3 is 0 Å². The summed E-state index contributed by atoms with van der Waals surface area (Å²) in [6.07, 6.45) is 7.63.